The monoisotopic (exact) mass is 236 g/mol. The van der Waals surface area contributed by atoms with Crippen molar-refractivity contribution in [1.82, 2.24) is 14.4 Å². The van der Waals surface area contributed by atoms with Gasteiger partial charge in [0.25, 0.3) is 0 Å². The summed E-state index contributed by atoms with van der Waals surface area (Å²) in [5, 5.41) is 2.09. The largest absolute Gasteiger partial charge is 0.325 e. The van der Waals surface area contributed by atoms with Crippen molar-refractivity contribution in [1.29, 1.82) is 0 Å². The minimum Gasteiger partial charge on any atom is -0.325 e. The molecule has 0 fully saturated rings. The fourth-order valence-electron chi connectivity index (χ4n) is 1.45. The van der Waals surface area contributed by atoms with E-state index in [1.165, 1.54) is 0 Å². The molecule has 0 aliphatic carbocycles. The maximum absolute atomic E-state index is 5.56. The molecule has 3 aromatic heterocycles. The molecule has 2 N–H and O–H groups in total. The van der Waals surface area contributed by atoms with Crippen LogP contribution in [0.4, 0.5) is 0 Å². The first-order valence-electron chi connectivity index (χ1n) is 4.43. The molecule has 3 rings (SSSR count). The van der Waals surface area contributed by atoms with Gasteiger partial charge in [-0.15, -0.1) is 22.7 Å². The van der Waals surface area contributed by atoms with Gasteiger partial charge in [-0.05, 0) is 0 Å². The van der Waals surface area contributed by atoms with Crippen LogP contribution in [0.1, 0.15) is 5.69 Å². The van der Waals surface area contributed by atoms with Crippen molar-refractivity contribution in [2.24, 2.45) is 5.73 Å². The fourth-order valence-corrected chi connectivity index (χ4v) is 3.05. The Morgan fingerprint density at radius 3 is 3.07 bits per heavy atom. The van der Waals surface area contributed by atoms with Gasteiger partial charge in [0.05, 0.1) is 21.8 Å². The number of rotatable bonds is 2. The Morgan fingerprint density at radius 2 is 2.33 bits per heavy atom. The molecule has 0 saturated heterocycles. The topological polar surface area (TPSA) is 56.2 Å². The third kappa shape index (κ3) is 1.38. The molecule has 0 unspecified atom stereocenters. The average Bonchev–Trinajstić information content (AvgIpc) is 2.92. The lowest BCUT2D eigenvalue weighted by Gasteiger charge is -1.92. The summed E-state index contributed by atoms with van der Waals surface area (Å²) in [6.45, 7) is 0.483. The van der Waals surface area contributed by atoms with E-state index in [0.29, 0.717) is 6.54 Å². The Bertz CT molecular complexity index is 578. The Kier molecular flexibility index (Phi) is 2.05. The number of hydrogen-bond donors (Lipinski definition) is 1. The van der Waals surface area contributed by atoms with Crippen LogP contribution in [0.5, 0.6) is 0 Å². The molecule has 0 saturated carbocycles. The molecule has 0 aromatic carbocycles. The minimum absolute atomic E-state index is 0.483. The van der Waals surface area contributed by atoms with Crippen molar-refractivity contribution in [3.05, 3.63) is 29.0 Å². The molecule has 0 radical (unpaired) electrons. The van der Waals surface area contributed by atoms with E-state index in [1.54, 1.807) is 22.7 Å². The SMILES string of the molecule is NCc1cn2c(-c3cncs3)csc2n1. The summed E-state index contributed by atoms with van der Waals surface area (Å²) in [6, 6.07) is 0. The van der Waals surface area contributed by atoms with E-state index < -0.39 is 0 Å². The van der Waals surface area contributed by atoms with E-state index in [4.69, 9.17) is 5.73 Å². The molecule has 3 aromatic rings. The molecular formula is C9H8N4S2. The number of thiazole rings is 2. The third-order valence-corrected chi connectivity index (χ3v) is 3.79. The summed E-state index contributed by atoms with van der Waals surface area (Å²) in [5.74, 6) is 0. The number of imidazole rings is 1. The zero-order valence-corrected chi connectivity index (χ0v) is 9.38. The summed E-state index contributed by atoms with van der Waals surface area (Å²) in [6.07, 6.45) is 3.86. The van der Waals surface area contributed by atoms with E-state index in [0.717, 1.165) is 21.2 Å². The second-order valence-corrected chi connectivity index (χ2v) is 4.80. The van der Waals surface area contributed by atoms with Crippen LogP contribution in [0.25, 0.3) is 15.5 Å². The van der Waals surface area contributed by atoms with Crippen LogP contribution >= 0.6 is 22.7 Å². The first-order chi connectivity index (χ1) is 7.38. The van der Waals surface area contributed by atoms with E-state index >= 15 is 0 Å². The zero-order chi connectivity index (χ0) is 10.3. The van der Waals surface area contributed by atoms with Crippen molar-refractivity contribution < 1.29 is 0 Å². The first-order valence-corrected chi connectivity index (χ1v) is 6.19. The lowest BCUT2D eigenvalue weighted by molar-refractivity contribution is 1.02. The van der Waals surface area contributed by atoms with Crippen LogP contribution in [0.15, 0.2) is 23.3 Å². The van der Waals surface area contributed by atoms with Gasteiger partial charge in [0.15, 0.2) is 4.96 Å². The van der Waals surface area contributed by atoms with Crippen molar-refractivity contribution in [3.63, 3.8) is 0 Å². The molecular weight excluding hydrogens is 228 g/mol. The highest BCUT2D eigenvalue weighted by atomic mass is 32.1. The second-order valence-electron chi connectivity index (χ2n) is 3.08. The highest BCUT2D eigenvalue weighted by molar-refractivity contribution is 7.16. The Balaban J connectivity index is 2.23. The average molecular weight is 236 g/mol. The molecule has 3 heterocycles. The third-order valence-electron chi connectivity index (χ3n) is 2.15. The van der Waals surface area contributed by atoms with Gasteiger partial charge in [-0.3, -0.25) is 9.38 Å². The number of nitrogens with zero attached hydrogens (tertiary/aromatic N) is 3. The Labute approximate surface area is 94.0 Å². The van der Waals surface area contributed by atoms with Crippen molar-refractivity contribution >= 4 is 27.6 Å². The molecule has 0 bridgehead atoms. The van der Waals surface area contributed by atoms with Crippen LogP contribution < -0.4 is 5.73 Å². The molecule has 15 heavy (non-hydrogen) atoms. The van der Waals surface area contributed by atoms with Gasteiger partial charge in [-0.1, -0.05) is 0 Å². The summed E-state index contributed by atoms with van der Waals surface area (Å²) < 4.78 is 2.07. The highest BCUT2D eigenvalue weighted by Gasteiger charge is 2.09. The first kappa shape index (κ1) is 9.02. The molecule has 0 atom stereocenters. The summed E-state index contributed by atoms with van der Waals surface area (Å²) in [7, 11) is 0. The number of fused-ring (bicyclic) bond motifs is 1. The minimum atomic E-state index is 0.483. The predicted molar refractivity (Wildman–Crippen MR) is 62.1 cm³/mol. The van der Waals surface area contributed by atoms with E-state index in [1.807, 2.05) is 17.9 Å². The highest BCUT2D eigenvalue weighted by Crippen LogP contribution is 2.28. The predicted octanol–water partition coefficient (Wildman–Crippen LogP) is 1.98. The second kappa shape index (κ2) is 3.41. The molecule has 0 aliphatic heterocycles. The molecule has 0 spiro atoms. The standard InChI is InChI=1S/C9H8N4S2/c10-1-6-3-13-7(4-14-9(13)12-6)8-2-11-5-15-8/h2-5H,1,10H2. The summed E-state index contributed by atoms with van der Waals surface area (Å²) >= 11 is 3.25. The quantitative estimate of drug-likeness (QED) is 0.740. The van der Waals surface area contributed by atoms with Gasteiger partial charge in [0, 0.05) is 24.3 Å². The lowest BCUT2D eigenvalue weighted by atomic mass is 10.4. The van der Waals surface area contributed by atoms with Gasteiger partial charge in [0.1, 0.15) is 0 Å². The molecule has 6 heteroatoms. The van der Waals surface area contributed by atoms with Crippen molar-refractivity contribution in [2.45, 2.75) is 6.54 Å². The van der Waals surface area contributed by atoms with Crippen LogP contribution in [0.3, 0.4) is 0 Å². The molecule has 0 aliphatic rings. The van der Waals surface area contributed by atoms with Crippen LogP contribution in [-0.4, -0.2) is 14.4 Å². The number of hydrogen-bond acceptors (Lipinski definition) is 5. The van der Waals surface area contributed by atoms with Crippen LogP contribution in [0, 0.1) is 0 Å². The molecule has 76 valence electrons. The van der Waals surface area contributed by atoms with E-state index in [9.17, 15) is 0 Å². The molecule has 0 amide bonds. The van der Waals surface area contributed by atoms with Gasteiger partial charge in [-0.2, -0.15) is 0 Å². The van der Waals surface area contributed by atoms with Gasteiger partial charge in [-0.25, -0.2) is 4.98 Å². The summed E-state index contributed by atoms with van der Waals surface area (Å²) in [5.41, 5.74) is 9.46. The van der Waals surface area contributed by atoms with Crippen LogP contribution in [0.2, 0.25) is 0 Å². The number of aromatic nitrogens is 3. The normalized spacial score (nSPS) is 11.3. The van der Waals surface area contributed by atoms with E-state index in [-0.39, 0.29) is 0 Å². The van der Waals surface area contributed by atoms with Crippen molar-refractivity contribution in [2.75, 3.05) is 0 Å². The van der Waals surface area contributed by atoms with Crippen molar-refractivity contribution in [3.8, 4) is 10.6 Å². The zero-order valence-electron chi connectivity index (χ0n) is 7.75. The van der Waals surface area contributed by atoms with Gasteiger partial charge in [0.2, 0.25) is 0 Å². The fraction of sp³-hybridized carbons (Fsp3) is 0.111. The maximum atomic E-state index is 5.56. The lowest BCUT2D eigenvalue weighted by Crippen LogP contribution is -1.95. The smallest absolute Gasteiger partial charge is 0.194 e. The van der Waals surface area contributed by atoms with Crippen LogP contribution in [-0.2, 0) is 6.54 Å². The Morgan fingerprint density at radius 1 is 1.40 bits per heavy atom. The molecule has 4 nitrogen and oxygen atoms in total. The number of nitrogens with two attached hydrogens (primary N) is 1. The van der Waals surface area contributed by atoms with Gasteiger partial charge >= 0.3 is 0 Å². The van der Waals surface area contributed by atoms with E-state index in [2.05, 4.69) is 19.7 Å². The maximum Gasteiger partial charge on any atom is 0.194 e. The summed E-state index contributed by atoms with van der Waals surface area (Å²) in [4.78, 5) is 10.6. The van der Waals surface area contributed by atoms with Gasteiger partial charge < -0.3 is 5.73 Å². The Hall–Kier alpha value is -1.24.